The van der Waals surface area contributed by atoms with Gasteiger partial charge < -0.3 is 9.67 Å². The third-order valence-corrected chi connectivity index (χ3v) is 3.62. The minimum atomic E-state index is -1.11. The Morgan fingerprint density at radius 2 is 2.35 bits per heavy atom. The van der Waals surface area contributed by atoms with Gasteiger partial charge in [0.05, 0.1) is 6.54 Å². The van der Waals surface area contributed by atoms with Crippen LogP contribution in [0.15, 0.2) is 29.2 Å². The van der Waals surface area contributed by atoms with Crippen molar-refractivity contribution < 1.29 is 9.90 Å². The van der Waals surface area contributed by atoms with Gasteiger partial charge in [-0.2, -0.15) is 11.3 Å². The first kappa shape index (κ1) is 12.5. The maximum Gasteiger partial charge on any atom is 0.358 e. The summed E-state index contributed by atoms with van der Waals surface area (Å²) in [6.45, 7) is 0.464. The van der Waals surface area contributed by atoms with Crippen molar-refractivity contribution >= 4 is 17.3 Å². The largest absolute Gasteiger partial charge is 0.476 e. The van der Waals surface area contributed by atoms with Crippen molar-refractivity contribution in [1.29, 1.82) is 0 Å². The van der Waals surface area contributed by atoms with E-state index in [9.17, 15) is 9.90 Å². The van der Waals surface area contributed by atoms with E-state index < -0.39 is 5.97 Å². The molecule has 7 nitrogen and oxygen atoms in total. The first-order valence-electron chi connectivity index (χ1n) is 5.82. The van der Waals surface area contributed by atoms with Gasteiger partial charge in [0.15, 0.2) is 5.82 Å². The van der Waals surface area contributed by atoms with Gasteiger partial charge in [-0.1, -0.05) is 5.21 Å². The number of aryl methyl sites for hydroxylation is 1. The minimum Gasteiger partial charge on any atom is -0.476 e. The Morgan fingerprint density at radius 3 is 2.95 bits per heavy atom. The molecule has 0 aromatic carbocycles. The zero-order valence-electron chi connectivity index (χ0n) is 10.6. The van der Waals surface area contributed by atoms with Crippen LogP contribution in [0.1, 0.15) is 16.1 Å². The molecule has 0 saturated carbocycles. The number of carboxylic acids is 1. The first-order chi connectivity index (χ1) is 9.66. The second kappa shape index (κ2) is 4.89. The Labute approximate surface area is 118 Å². The maximum absolute atomic E-state index is 11.3. The molecule has 0 aliphatic heterocycles. The van der Waals surface area contributed by atoms with Gasteiger partial charge in [0.1, 0.15) is 5.69 Å². The van der Waals surface area contributed by atoms with Crippen LogP contribution in [0.25, 0.3) is 11.5 Å². The summed E-state index contributed by atoms with van der Waals surface area (Å²) in [5, 5.41) is 20.9. The zero-order valence-corrected chi connectivity index (χ0v) is 11.4. The molecule has 0 saturated heterocycles. The molecule has 0 amide bonds. The molecule has 3 aromatic rings. The lowest BCUT2D eigenvalue weighted by atomic mass is 10.2. The summed E-state index contributed by atoms with van der Waals surface area (Å²) in [5.74, 6) is -0.581. The van der Waals surface area contributed by atoms with Crippen LogP contribution < -0.4 is 0 Å². The van der Waals surface area contributed by atoms with Crippen LogP contribution in [-0.2, 0) is 13.6 Å². The predicted octanol–water partition coefficient (Wildman–Crippen LogP) is 1.49. The number of rotatable bonds is 4. The number of nitrogens with zero attached hydrogens (tertiary/aromatic N) is 5. The lowest BCUT2D eigenvalue weighted by Gasteiger charge is -2.06. The van der Waals surface area contributed by atoms with E-state index in [0.717, 1.165) is 5.56 Å². The van der Waals surface area contributed by atoms with E-state index in [1.807, 2.05) is 16.8 Å². The highest BCUT2D eigenvalue weighted by atomic mass is 32.1. The van der Waals surface area contributed by atoms with E-state index in [-0.39, 0.29) is 5.69 Å². The van der Waals surface area contributed by atoms with Crippen molar-refractivity contribution in [1.82, 2.24) is 24.5 Å². The molecule has 8 heteroatoms. The number of aromatic carboxylic acids is 1. The summed E-state index contributed by atoms with van der Waals surface area (Å²) in [6.07, 6.45) is 3.37. The van der Waals surface area contributed by atoms with E-state index in [0.29, 0.717) is 18.1 Å². The summed E-state index contributed by atoms with van der Waals surface area (Å²) in [7, 11) is 1.80. The number of hydrogen-bond donors (Lipinski definition) is 1. The van der Waals surface area contributed by atoms with Crippen LogP contribution in [0.4, 0.5) is 0 Å². The van der Waals surface area contributed by atoms with Gasteiger partial charge >= 0.3 is 5.97 Å². The summed E-state index contributed by atoms with van der Waals surface area (Å²) in [6, 6.07) is 1.97. The molecule has 20 heavy (non-hydrogen) atoms. The highest BCUT2D eigenvalue weighted by Gasteiger charge is 2.23. The number of carbonyl (C=O) groups is 1. The first-order valence-corrected chi connectivity index (χ1v) is 6.76. The molecule has 0 fully saturated rings. The lowest BCUT2D eigenvalue weighted by Crippen LogP contribution is -2.08. The zero-order chi connectivity index (χ0) is 14.1. The fraction of sp³-hybridized carbons (Fsp3) is 0.167. The smallest absolute Gasteiger partial charge is 0.358 e. The molecular formula is C12H11N5O2S. The van der Waals surface area contributed by atoms with Gasteiger partial charge in [-0.3, -0.25) is 0 Å². The van der Waals surface area contributed by atoms with Crippen LogP contribution in [0.2, 0.25) is 0 Å². The van der Waals surface area contributed by atoms with Gasteiger partial charge in [0.25, 0.3) is 0 Å². The number of imidazole rings is 1. The monoisotopic (exact) mass is 289 g/mol. The number of thiophene rings is 1. The average molecular weight is 289 g/mol. The number of hydrogen-bond acceptors (Lipinski definition) is 5. The molecule has 3 heterocycles. The second-order valence-electron chi connectivity index (χ2n) is 4.24. The van der Waals surface area contributed by atoms with Crippen LogP contribution in [-0.4, -0.2) is 35.6 Å². The highest BCUT2D eigenvalue weighted by Crippen LogP contribution is 2.21. The number of aromatic nitrogens is 5. The summed E-state index contributed by atoms with van der Waals surface area (Å²) >= 11 is 1.58. The minimum absolute atomic E-state index is 0.0884. The van der Waals surface area contributed by atoms with Gasteiger partial charge in [-0.25, -0.2) is 14.5 Å². The van der Waals surface area contributed by atoms with E-state index in [2.05, 4.69) is 15.3 Å². The van der Waals surface area contributed by atoms with Gasteiger partial charge in [-0.15, -0.1) is 5.10 Å². The van der Waals surface area contributed by atoms with Crippen LogP contribution in [0.5, 0.6) is 0 Å². The van der Waals surface area contributed by atoms with E-state index in [1.54, 1.807) is 40.0 Å². The molecule has 0 atom stereocenters. The van der Waals surface area contributed by atoms with Crippen LogP contribution in [0.3, 0.4) is 0 Å². The fourth-order valence-electron chi connectivity index (χ4n) is 1.94. The van der Waals surface area contributed by atoms with Crippen LogP contribution in [0, 0.1) is 0 Å². The van der Waals surface area contributed by atoms with Crippen molar-refractivity contribution in [2.45, 2.75) is 6.54 Å². The highest BCUT2D eigenvalue weighted by molar-refractivity contribution is 7.07. The Hall–Kier alpha value is -2.48. The molecule has 3 aromatic heterocycles. The molecule has 0 aliphatic carbocycles. The molecule has 0 unspecified atom stereocenters. The quantitative estimate of drug-likeness (QED) is 0.786. The summed E-state index contributed by atoms with van der Waals surface area (Å²) in [5.41, 5.74) is 1.37. The third kappa shape index (κ3) is 2.10. The Kier molecular flexibility index (Phi) is 3.07. The molecule has 0 aliphatic rings. The number of carboxylic acid groups (broad SMARTS) is 1. The standard InChI is InChI=1S/C12H11N5O2S/c1-16-4-3-13-11(16)10-9(12(18)19)14-15-17(10)6-8-2-5-20-7-8/h2-5,7H,6H2,1H3,(H,18,19). The molecule has 0 spiro atoms. The van der Waals surface area contributed by atoms with Crippen LogP contribution >= 0.6 is 11.3 Å². The van der Waals surface area contributed by atoms with Crippen molar-refractivity contribution in [2.24, 2.45) is 7.05 Å². The fourth-order valence-corrected chi connectivity index (χ4v) is 2.60. The van der Waals surface area contributed by atoms with E-state index >= 15 is 0 Å². The molecule has 102 valence electrons. The van der Waals surface area contributed by atoms with Gasteiger partial charge in [0, 0.05) is 19.4 Å². The van der Waals surface area contributed by atoms with Crippen molar-refractivity contribution in [2.75, 3.05) is 0 Å². The lowest BCUT2D eigenvalue weighted by molar-refractivity contribution is 0.0691. The Bertz CT molecular complexity index is 744. The molecule has 1 N–H and O–H groups in total. The normalized spacial score (nSPS) is 10.8. The second-order valence-corrected chi connectivity index (χ2v) is 5.02. The summed E-state index contributed by atoms with van der Waals surface area (Å²) < 4.78 is 3.31. The average Bonchev–Trinajstić information content (AvgIpc) is 3.10. The van der Waals surface area contributed by atoms with Gasteiger partial charge in [0.2, 0.25) is 5.69 Å². The van der Waals surface area contributed by atoms with Crippen molar-refractivity contribution in [3.63, 3.8) is 0 Å². The van der Waals surface area contributed by atoms with Crippen molar-refractivity contribution in [3.8, 4) is 11.5 Å². The maximum atomic E-state index is 11.3. The molecule has 0 radical (unpaired) electrons. The van der Waals surface area contributed by atoms with Gasteiger partial charge in [-0.05, 0) is 22.4 Å². The SMILES string of the molecule is Cn1ccnc1-c1c(C(=O)O)nnn1Cc1ccsc1. The Morgan fingerprint density at radius 1 is 1.50 bits per heavy atom. The summed E-state index contributed by atoms with van der Waals surface area (Å²) in [4.78, 5) is 15.5. The van der Waals surface area contributed by atoms with E-state index in [4.69, 9.17) is 0 Å². The topological polar surface area (TPSA) is 85.8 Å². The molecule has 0 bridgehead atoms. The predicted molar refractivity (Wildman–Crippen MR) is 72.6 cm³/mol. The third-order valence-electron chi connectivity index (χ3n) is 2.88. The molecule has 3 rings (SSSR count). The van der Waals surface area contributed by atoms with Crippen molar-refractivity contribution in [3.05, 3.63) is 40.5 Å². The Balaban J connectivity index is 2.11. The van der Waals surface area contributed by atoms with E-state index in [1.165, 1.54) is 0 Å². The molecular weight excluding hydrogens is 278 g/mol.